The SMILES string of the molecule is COC(=O)C12CC(=O)C3(Cl)C(C)(C=C(C4=CC(O)C(O)C56CC5C(C)(C)OC46)C3(O)C13OC(=O)c1c(O)cc(C)cc1O3)C2. The highest BCUT2D eigenvalue weighted by Crippen LogP contribution is 2.79. The van der Waals surface area contributed by atoms with Crippen molar-refractivity contribution in [1.29, 1.82) is 0 Å². The lowest BCUT2D eigenvalue weighted by molar-refractivity contribution is -0.343. The summed E-state index contributed by atoms with van der Waals surface area (Å²) in [5.74, 6) is -6.10. The number of benzene rings is 1. The fourth-order valence-corrected chi connectivity index (χ4v) is 10.5. The molecule has 2 heterocycles. The van der Waals surface area contributed by atoms with Crippen LogP contribution in [0.25, 0.3) is 0 Å². The summed E-state index contributed by atoms with van der Waals surface area (Å²) in [7, 11) is 1.12. The number of alkyl halides is 1. The Bertz CT molecular complexity index is 1700. The smallest absolute Gasteiger partial charge is 0.349 e. The second-order valence-corrected chi connectivity index (χ2v) is 15.1. The van der Waals surface area contributed by atoms with Crippen molar-refractivity contribution >= 4 is 29.3 Å². The predicted octanol–water partition coefficient (Wildman–Crippen LogP) is 1.98. The topological polar surface area (TPSA) is 169 Å². The lowest BCUT2D eigenvalue weighted by Crippen LogP contribution is -2.88. The van der Waals surface area contributed by atoms with Crippen molar-refractivity contribution < 1.29 is 53.8 Å². The number of methoxy groups -OCH3 is 1. The second-order valence-electron chi connectivity index (χ2n) is 14.5. The zero-order chi connectivity index (χ0) is 31.8. The molecule has 0 radical (unpaired) electrons. The number of fused-ring (bicyclic) bond motifs is 2. The third kappa shape index (κ3) is 2.61. The van der Waals surface area contributed by atoms with Gasteiger partial charge in [-0.05, 0) is 74.4 Å². The lowest BCUT2D eigenvalue weighted by Gasteiger charge is -2.68. The number of aromatic hydroxyl groups is 1. The number of hydrogen-bond donors (Lipinski definition) is 4. The molecule has 9 rings (SSSR count). The first kappa shape index (κ1) is 28.5. The Labute approximate surface area is 257 Å². The third-order valence-corrected chi connectivity index (χ3v) is 12.8. The van der Waals surface area contributed by atoms with Crippen molar-refractivity contribution in [1.82, 2.24) is 0 Å². The van der Waals surface area contributed by atoms with Gasteiger partial charge in [0.1, 0.15) is 17.1 Å². The van der Waals surface area contributed by atoms with Gasteiger partial charge in [0.15, 0.2) is 21.7 Å². The minimum atomic E-state index is -2.74. The van der Waals surface area contributed by atoms with E-state index in [9.17, 15) is 34.8 Å². The van der Waals surface area contributed by atoms with Crippen molar-refractivity contribution in [3.05, 3.63) is 46.6 Å². The van der Waals surface area contributed by atoms with Gasteiger partial charge in [-0.2, -0.15) is 0 Å². The second kappa shape index (κ2) is 7.70. The molecule has 0 aromatic heterocycles. The highest BCUT2D eigenvalue weighted by Gasteiger charge is 2.94. The normalized spacial score (nSPS) is 48.5. The number of rotatable bonds is 2. The van der Waals surface area contributed by atoms with Crippen LogP contribution in [0.2, 0.25) is 0 Å². The molecule has 1 aromatic carbocycles. The van der Waals surface area contributed by atoms with Crippen LogP contribution < -0.4 is 4.74 Å². The summed E-state index contributed by atoms with van der Waals surface area (Å²) in [4.78, 5) is 39.7. The van der Waals surface area contributed by atoms with Crippen molar-refractivity contribution in [3.8, 4) is 11.5 Å². The van der Waals surface area contributed by atoms with Gasteiger partial charge in [-0.25, -0.2) is 4.79 Å². The van der Waals surface area contributed by atoms with Crippen LogP contribution in [0.3, 0.4) is 0 Å². The average Bonchev–Trinajstić information content (AvgIpc) is 3.61. The lowest BCUT2D eigenvalue weighted by atomic mass is 9.43. The molecule has 4 bridgehead atoms. The number of allylic oxidation sites excluding steroid dienone is 1. The molecule has 234 valence electrons. The first-order valence-corrected chi connectivity index (χ1v) is 15.1. The van der Waals surface area contributed by atoms with E-state index in [0.717, 1.165) is 7.11 Å². The molecule has 12 heteroatoms. The summed E-state index contributed by atoms with van der Waals surface area (Å²) in [6.45, 7) is 7.07. The van der Waals surface area contributed by atoms with Crippen LogP contribution >= 0.6 is 11.6 Å². The summed E-state index contributed by atoms with van der Waals surface area (Å²) < 4.78 is 24.3. The van der Waals surface area contributed by atoms with Crippen LogP contribution in [-0.2, 0) is 23.8 Å². The van der Waals surface area contributed by atoms with E-state index >= 15 is 0 Å². The Hall–Kier alpha value is -2.96. The van der Waals surface area contributed by atoms with Crippen molar-refractivity contribution in [3.63, 3.8) is 0 Å². The molecule has 10 unspecified atom stereocenters. The predicted molar refractivity (Wildman–Crippen MR) is 150 cm³/mol. The molecule has 2 spiro atoms. The molecular weight excluding hydrogens is 596 g/mol. The third-order valence-electron chi connectivity index (χ3n) is 11.9. The number of aliphatic hydroxyl groups excluding tert-OH is 2. The molecule has 6 aliphatic carbocycles. The number of halogens is 1. The molecule has 11 nitrogen and oxygen atoms in total. The number of carbonyl (C=O) groups excluding carboxylic acids is 3. The zero-order valence-corrected chi connectivity index (χ0v) is 25.5. The molecule has 10 atom stereocenters. The number of ether oxygens (including phenoxy) is 4. The van der Waals surface area contributed by atoms with Crippen LogP contribution in [0, 0.1) is 29.1 Å². The molecule has 0 amide bonds. The van der Waals surface area contributed by atoms with Gasteiger partial charge in [0, 0.05) is 17.3 Å². The zero-order valence-electron chi connectivity index (χ0n) is 24.8. The van der Waals surface area contributed by atoms with Crippen LogP contribution in [0.4, 0.5) is 0 Å². The van der Waals surface area contributed by atoms with Gasteiger partial charge in [-0.15, -0.1) is 11.6 Å². The minimum absolute atomic E-state index is 0.000582. The van der Waals surface area contributed by atoms with E-state index < -0.39 is 86.3 Å². The van der Waals surface area contributed by atoms with E-state index in [4.69, 9.17) is 30.5 Å². The summed E-state index contributed by atoms with van der Waals surface area (Å²) in [5.41, 5.74) is -7.33. The maximum absolute atomic E-state index is 14.2. The molecule has 5 fully saturated rings. The fraction of sp³-hybridized carbons (Fsp3) is 0.594. The highest BCUT2D eigenvalue weighted by atomic mass is 35.5. The summed E-state index contributed by atoms with van der Waals surface area (Å²) >= 11 is 7.38. The molecule has 8 aliphatic rings. The number of carbonyl (C=O) groups is 3. The monoisotopic (exact) mass is 628 g/mol. The van der Waals surface area contributed by atoms with Gasteiger partial charge in [0.05, 0.1) is 31.0 Å². The van der Waals surface area contributed by atoms with E-state index in [1.807, 2.05) is 13.8 Å². The first-order chi connectivity index (χ1) is 20.4. The molecule has 1 saturated heterocycles. The molecule has 1 aromatic rings. The number of phenolic OH excluding ortho intramolecular Hbond substituents is 1. The standard InChI is InChI=1S/C32H33ClO11/c1-13-6-16(34)21-18(7-13)42-32(44-24(21)38)28(25(39)41-5)11-20(36)30(33)27(4,12-28)9-15(31(30,32)40)14-8-17(35)22(37)29-10-19(29)26(2,3)43-23(14)29/h6-9,17,19,22-23,34-35,37,40H,10-12H2,1-5H3. The summed E-state index contributed by atoms with van der Waals surface area (Å²) in [5, 5.41) is 46.4. The number of esters is 2. The number of hydrogen-bond acceptors (Lipinski definition) is 11. The van der Waals surface area contributed by atoms with E-state index in [1.165, 1.54) is 18.2 Å². The largest absolute Gasteiger partial charge is 0.507 e. The molecule has 44 heavy (non-hydrogen) atoms. The number of aliphatic hydroxyl groups is 3. The summed E-state index contributed by atoms with van der Waals surface area (Å²) in [6, 6.07) is 2.80. The van der Waals surface area contributed by atoms with Gasteiger partial charge < -0.3 is 39.4 Å². The number of phenols is 1. The van der Waals surface area contributed by atoms with Gasteiger partial charge in [-0.1, -0.05) is 13.0 Å². The van der Waals surface area contributed by atoms with Crippen molar-refractivity contribution in [2.45, 2.75) is 87.1 Å². The fourth-order valence-electron chi connectivity index (χ4n) is 10.1. The van der Waals surface area contributed by atoms with Gasteiger partial charge in [0.25, 0.3) is 0 Å². The Morgan fingerprint density at radius 2 is 1.84 bits per heavy atom. The molecular formula is C32H33ClO11. The number of aryl methyl sites for hydroxylation is 1. The Morgan fingerprint density at radius 1 is 1.14 bits per heavy atom. The number of ketones is 1. The number of Topliss-reactive ketones (excluding diaryl/α,β-unsaturated/α-hetero) is 1. The van der Waals surface area contributed by atoms with Crippen LogP contribution in [0.5, 0.6) is 11.5 Å². The van der Waals surface area contributed by atoms with Crippen LogP contribution in [-0.4, -0.2) is 85.4 Å². The maximum atomic E-state index is 14.2. The highest BCUT2D eigenvalue weighted by molar-refractivity contribution is 6.39. The van der Waals surface area contributed by atoms with Crippen molar-refractivity contribution in [2.24, 2.45) is 22.2 Å². The quantitative estimate of drug-likeness (QED) is 0.279. The summed E-state index contributed by atoms with van der Waals surface area (Å²) in [6.07, 6.45) is -0.619. The first-order valence-electron chi connectivity index (χ1n) is 14.7. The van der Waals surface area contributed by atoms with Gasteiger partial charge >= 0.3 is 17.7 Å². The minimum Gasteiger partial charge on any atom is -0.507 e. The Morgan fingerprint density at radius 3 is 2.50 bits per heavy atom. The maximum Gasteiger partial charge on any atom is 0.349 e. The molecule has 4 saturated carbocycles. The Kier molecular flexibility index (Phi) is 4.99. The van der Waals surface area contributed by atoms with Gasteiger partial charge in [-0.3, -0.25) is 9.59 Å². The van der Waals surface area contributed by atoms with E-state index in [2.05, 4.69) is 0 Å². The van der Waals surface area contributed by atoms with Crippen molar-refractivity contribution in [2.75, 3.05) is 7.11 Å². The average molecular weight is 629 g/mol. The van der Waals surface area contributed by atoms with Gasteiger partial charge in [0.2, 0.25) is 0 Å². The van der Waals surface area contributed by atoms with Crippen LogP contribution in [0.15, 0.2) is 35.4 Å². The van der Waals surface area contributed by atoms with Crippen LogP contribution in [0.1, 0.15) is 56.0 Å². The van der Waals surface area contributed by atoms with E-state index in [0.29, 0.717) is 12.0 Å². The Balaban J connectivity index is 1.42. The molecule has 4 N–H and O–H groups in total. The molecule has 2 aliphatic heterocycles. The van der Waals surface area contributed by atoms with E-state index in [1.54, 1.807) is 19.9 Å². The van der Waals surface area contributed by atoms with E-state index in [-0.39, 0.29) is 34.8 Å².